The van der Waals surface area contributed by atoms with E-state index in [0.29, 0.717) is 18.2 Å². The monoisotopic (exact) mass is 274 g/mol. The van der Waals surface area contributed by atoms with E-state index in [1.807, 2.05) is 0 Å². The highest BCUT2D eigenvalue weighted by Crippen LogP contribution is 2.30. The number of amides is 1. The van der Waals surface area contributed by atoms with Gasteiger partial charge in [0.1, 0.15) is 5.82 Å². The number of hydrogen-bond acceptors (Lipinski definition) is 2. The zero-order chi connectivity index (χ0) is 14.6. The molecule has 0 aliphatic carbocycles. The summed E-state index contributed by atoms with van der Waals surface area (Å²) in [5.41, 5.74) is -1.75. The molecule has 0 aliphatic heterocycles. The molecule has 0 saturated heterocycles. The Hall–Kier alpha value is -2.10. The number of halogens is 4. The molecule has 0 fully saturated rings. The van der Waals surface area contributed by atoms with E-state index in [1.165, 1.54) is 7.05 Å². The van der Waals surface area contributed by atoms with Crippen LogP contribution in [0.2, 0.25) is 0 Å². The zero-order valence-corrected chi connectivity index (χ0v) is 9.96. The molecule has 0 aromatic heterocycles. The molecule has 19 heavy (non-hydrogen) atoms. The van der Waals surface area contributed by atoms with Crippen molar-refractivity contribution in [1.29, 1.82) is 5.26 Å². The maximum Gasteiger partial charge on any atom is 0.416 e. The lowest BCUT2D eigenvalue weighted by Gasteiger charge is -2.17. The van der Waals surface area contributed by atoms with E-state index in [0.717, 1.165) is 4.90 Å². The number of carbonyl (C=O) groups is 1. The Morgan fingerprint density at radius 2 is 2.05 bits per heavy atom. The van der Waals surface area contributed by atoms with Crippen LogP contribution < -0.4 is 0 Å². The van der Waals surface area contributed by atoms with Gasteiger partial charge in [-0.3, -0.25) is 4.79 Å². The van der Waals surface area contributed by atoms with Gasteiger partial charge in [-0.2, -0.15) is 18.4 Å². The second-order valence-corrected chi connectivity index (χ2v) is 3.83. The van der Waals surface area contributed by atoms with Crippen LogP contribution in [0.5, 0.6) is 0 Å². The average molecular weight is 274 g/mol. The van der Waals surface area contributed by atoms with Crippen molar-refractivity contribution < 1.29 is 22.4 Å². The summed E-state index contributed by atoms with van der Waals surface area (Å²) < 4.78 is 50.8. The van der Waals surface area contributed by atoms with Gasteiger partial charge < -0.3 is 4.90 Å². The minimum atomic E-state index is -4.64. The number of alkyl halides is 3. The first-order valence-corrected chi connectivity index (χ1v) is 5.26. The summed E-state index contributed by atoms with van der Waals surface area (Å²) in [7, 11) is 1.29. The van der Waals surface area contributed by atoms with Crippen LogP contribution in [0.1, 0.15) is 22.3 Å². The molecule has 0 spiro atoms. The fourth-order valence-electron chi connectivity index (χ4n) is 1.39. The Morgan fingerprint density at radius 1 is 1.42 bits per heavy atom. The number of nitrogens with zero attached hydrogens (tertiary/aromatic N) is 2. The summed E-state index contributed by atoms with van der Waals surface area (Å²) in [4.78, 5) is 12.8. The summed E-state index contributed by atoms with van der Waals surface area (Å²) in [5, 5.41) is 8.36. The molecule has 0 N–H and O–H groups in total. The lowest BCUT2D eigenvalue weighted by Crippen LogP contribution is -2.28. The smallest absolute Gasteiger partial charge is 0.341 e. The first-order valence-electron chi connectivity index (χ1n) is 5.26. The second-order valence-electron chi connectivity index (χ2n) is 3.83. The van der Waals surface area contributed by atoms with Crippen LogP contribution >= 0.6 is 0 Å². The van der Waals surface area contributed by atoms with E-state index in [2.05, 4.69) is 0 Å². The second kappa shape index (κ2) is 5.69. The third-order valence-electron chi connectivity index (χ3n) is 2.43. The van der Waals surface area contributed by atoms with E-state index in [1.54, 1.807) is 6.07 Å². The van der Waals surface area contributed by atoms with Gasteiger partial charge >= 0.3 is 6.18 Å². The normalized spacial score (nSPS) is 10.9. The summed E-state index contributed by atoms with van der Waals surface area (Å²) in [6.07, 6.45) is -4.63. The molecule has 1 aromatic rings. The van der Waals surface area contributed by atoms with Gasteiger partial charge in [-0.05, 0) is 18.2 Å². The third kappa shape index (κ3) is 3.68. The molecule has 0 saturated carbocycles. The van der Waals surface area contributed by atoms with E-state index in [-0.39, 0.29) is 13.0 Å². The predicted molar refractivity (Wildman–Crippen MR) is 58.6 cm³/mol. The van der Waals surface area contributed by atoms with Crippen molar-refractivity contribution in [3.8, 4) is 6.07 Å². The van der Waals surface area contributed by atoms with Gasteiger partial charge in [-0.1, -0.05) is 0 Å². The quantitative estimate of drug-likeness (QED) is 0.795. The molecule has 1 amide bonds. The van der Waals surface area contributed by atoms with Crippen molar-refractivity contribution in [1.82, 2.24) is 4.90 Å². The van der Waals surface area contributed by atoms with E-state index >= 15 is 0 Å². The van der Waals surface area contributed by atoms with Crippen molar-refractivity contribution in [2.24, 2.45) is 0 Å². The van der Waals surface area contributed by atoms with Gasteiger partial charge in [-0.25, -0.2) is 4.39 Å². The summed E-state index contributed by atoms with van der Waals surface area (Å²) in [6, 6.07) is 3.44. The molecule has 0 atom stereocenters. The van der Waals surface area contributed by atoms with Gasteiger partial charge in [0.05, 0.1) is 23.6 Å². The lowest BCUT2D eigenvalue weighted by atomic mass is 10.1. The molecule has 7 heteroatoms. The average Bonchev–Trinajstić information content (AvgIpc) is 2.34. The number of hydrogen-bond donors (Lipinski definition) is 0. The number of nitriles is 1. The summed E-state index contributed by atoms with van der Waals surface area (Å²) >= 11 is 0. The van der Waals surface area contributed by atoms with Crippen LogP contribution in [0.4, 0.5) is 17.6 Å². The molecule has 102 valence electrons. The standard InChI is InChI=1S/C12H10F4N2O/c1-18(6-2-5-17)11(19)9-7-8(12(14,15)16)3-4-10(9)13/h3-4,7H,2,6H2,1H3. The molecule has 0 heterocycles. The first-order chi connectivity index (χ1) is 8.77. The zero-order valence-electron chi connectivity index (χ0n) is 9.96. The largest absolute Gasteiger partial charge is 0.416 e. The highest BCUT2D eigenvalue weighted by molar-refractivity contribution is 5.94. The lowest BCUT2D eigenvalue weighted by molar-refractivity contribution is -0.137. The van der Waals surface area contributed by atoms with Crippen molar-refractivity contribution >= 4 is 5.91 Å². The molecule has 0 radical (unpaired) electrons. The third-order valence-corrected chi connectivity index (χ3v) is 2.43. The molecule has 1 rings (SSSR count). The fraction of sp³-hybridized carbons (Fsp3) is 0.333. The Labute approximate surface area is 107 Å². The van der Waals surface area contributed by atoms with Crippen molar-refractivity contribution in [3.63, 3.8) is 0 Å². The van der Waals surface area contributed by atoms with Gasteiger partial charge in [0.25, 0.3) is 5.91 Å². The Balaban J connectivity index is 3.06. The number of rotatable bonds is 3. The topological polar surface area (TPSA) is 44.1 Å². The Morgan fingerprint density at radius 3 is 2.58 bits per heavy atom. The minimum absolute atomic E-state index is 0.0167. The van der Waals surface area contributed by atoms with Crippen LogP contribution in [0.3, 0.4) is 0 Å². The highest BCUT2D eigenvalue weighted by atomic mass is 19.4. The SMILES string of the molecule is CN(CCC#N)C(=O)c1cc(C(F)(F)F)ccc1F. The molecule has 0 aliphatic rings. The molecule has 0 unspecified atom stereocenters. The summed E-state index contributed by atoms with van der Waals surface area (Å²) in [5.74, 6) is -1.92. The molecular weight excluding hydrogens is 264 g/mol. The van der Waals surface area contributed by atoms with Crippen LogP contribution in [0.25, 0.3) is 0 Å². The van der Waals surface area contributed by atoms with Gasteiger partial charge in [-0.15, -0.1) is 0 Å². The number of benzene rings is 1. The minimum Gasteiger partial charge on any atom is -0.341 e. The van der Waals surface area contributed by atoms with Crippen molar-refractivity contribution in [2.75, 3.05) is 13.6 Å². The Bertz CT molecular complexity index is 519. The van der Waals surface area contributed by atoms with Gasteiger partial charge in [0.2, 0.25) is 0 Å². The highest BCUT2D eigenvalue weighted by Gasteiger charge is 2.32. The predicted octanol–water partition coefficient (Wildman–Crippen LogP) is 2.83. The van der Waals surface area contributed by atoms with Gasteiger partial charge in [0, 0.05) is 13.6 Å². The fourth-order valence-corrected chi connectivity index (χ4v) is 1.39. The molecule has 0 bridgehead atoms. The van der Waals surface area contributed by atoms with Crippen molar-refractivity contribution in [2.45, 2.75) is 12.6 Å². The Kier molecular flexibility index (Phi) is 4.48. The molecule has 1 aromatic carbocycles. The van der Waals surface area contributed by atoms with Gasteiger partial charge in [0.15, 0.2) is 0 Å². The number of carbonyl (C=O) groups excluding carboxylic acids is 1. The molecular formula is C12H10F4N2O. The summed E-state index contributed by atoms with van der Waals surface area (Å²) in [6.45, 7) is 0.0189. The van der Waals surface area contributed by atoms with Crippen LogP contribution in [0, 0.1) is 17.1 Å². The van der Waals surface area contributed by atoms with Crippen LogP contribution in [0.15, 0.2) is 18.2 Å². The van der Waals surface area contributed by atoms with Crippen LogP contribution in [-0.2, 0) is 6.18 Å². The van der Waals surface area contributed by atoms with Crippen LogP contribution in [-0.4, -0.2) is 24.4 Å². The molecule has 3 nitrogen and oxygen atoms in total. The van der Waals surface area contributed by atoms with Crippen molar-refractivity contribution in [3.05, 3.63) is 35.1 Å². The van der Waals surface area contributed by atoms with E-state index in [9.17, 15) is 22.4 Å². The van der Waals surface area contributed by atoms with E-state index < -0.39 is 29.0 Å². The van der Waals surface area contributed by atoms with E-state index in [4.69, 9.17) is 5.26 Å². The first kappa shape index (κ1) is 15.0. The maximum absolute atomic E-state index is 13.4. The maximum atomic E-state index is 13.4.